The van der Waals surface area contributed by atoms with Crippen molar-refractivity contribution in [3.63, 3.8) is 0 Å². The van der Waals surface area contributed by atoms with Crippen LogP contribution in [0.15, 0.2) is 41.6 Å². The zero-order valence-electron chi connectivity index (χ0n) is 11.1. The summed E-state index contributed by atoms with van der Waals surface area (Å²) >= 11 is 1.65. The van der Waals surface area contributed by atoms with E-state index in [0.29, 0.717) is 5.88 Å². The molecule has 0 bridgehead atoms. The van der Waals surface area contributed by atoms with Gasteiger partial charge in [-0.3, -0.25) is 0 Å². The summed E-state index contributed by atoms with van der Waals surface area (Å²) in [6.07, 6.45) is 4.58. The summed E-state index contributed by atoms with van der Waals surface area (Å²) in [7, 11) is 0. The molecule has 0 atom stereocenters. The summed E-state index contributed by atoms with van der Waals surface area (Å²) in [5.41, 5.74) is 0. The number of anilines is 1. The molecule has 0 saturated heterocycles. The molecule has 0 aliphatic rings. The normalized spacial score (nSPS) is 10.2. The van der Waals surface area contributed by atoms with E-state index in [4.69, 9.17) is 4.74 Å². The van der Waals surface area contributed by atoms with E-state index in [1.807, 2.05) is 36.6 Å². The van der Waals surface area contributed by atoms with Crippen LogP contribution in [0.1, 0.15) is 13.3 Å². The lowest BCUT2D eigenvalue weighted by Crippen LogP contribution is -2.02. The summed E-state index contributed by atoms with van der Waals surface area (Å²) in [6, 6.07) is 9.72. The van der Waals surface area contributed by atoms with Gasteiger partial charge >= 0.3 is 0 Å². The number of hydrogen-bond donors (Lipinski definition) is 1. The predicted molar refractivity (Wildman–Crippen MR) is 79.1 cm³/mol. The molecule has 0 radical (unpaired) electrons. The van der Waals surface area contributed by atoms with Crippen molar-refractivity contribution >= 4 is 17.6 Å². The second-order valence-electron chi connectivity index (χ2n) is 3.92. The Morgan fingerprint density at radius 1 is 1.26 bits per heavy atom. The third kappa shape index (κ3) is 3.86. The second-order valence-corrected chi connectivity index (χ2v) is 4.77. The Morgan fingerprint density at radius 3 is 2.89 bits per heavy atom. The van der Waals surface area contributed by atoms with Crippen molar-refractivity contribution in [2.45, 2.75) is 18.2 Å². The van der Waals surface area contributed by atoms with Crippen LogP contribution < -0.4 is 10.1 Å². The Balaban J connectivity index is 2.14. The molecule has 4 nitrogen and oxygen atoms in total. The summed E-state index contributed by atoms with van der Waals surface area (Å²) in [5, 5.41) is 3.21. The van der Waals surface area contributed by atoms with Gasteiger partial charge in [-0.05, 0) is 24.8 Å². The molecule has 2 rings (SSSR count). The smallest absolute Gasteiger partial charge is 0.224 e. The molecule has 0 spiro atoms. The highest BCUT2D eigenvalue weighted by atomic mass is 32.2. The molecule has 1 aromatic carbocycles. The van der Waals surface area contributed by atoms with Crippen LogP contribution in [0.5, 0.6) is 11.6 Å². The monoisotopic (exact) mass is 275 g/mol. The number of hydrogen-bond acceptors (Lipinski definition) is 5. The van der Waals surface area contributed by atoms with Crippen LogP contribution in [0.2, 0.25) is 0 Å². The van der Waals surface area contributed by atoms with E-state index in [9.17, 15) is 0 Å². The molecule has 0 saturated carbocycles. The van der Waals surface area contributed by atoms with E-state index in [-0.39, 0.29) is 0 Å². The van der Waals surface area contributed by atoms with Gasteiger partial charge in [0, 0.05) is 17.5 Å². The molecule has 1 aromatic heterocycles. The minimum Gasteiger partial charge on any atom is -0.438 e. The Kier molecular flexibility index (Phi) is 5.03. The van der Waals surface area contributed by atoms with Gasteiger partial charge in [-0.2, -0.15) is 0 Å². The van der Waals surface area contributed by atoms with Crippen LogP contribution in [0.25, 0.3) is 0 Å². The largest absolute Gasteiger partial charge is 0.438 e. The van der Waals surface area contributed by atoms with Gasteiger partial charge in [0.1, 0.15) is 17.9 Å². The van der Waals surface area contributed by atoms with Crippen LogP contribution in [-0.4, -0.2) is 22.8 Å². The highest BCUT2D eigenvalue weighted by Crippen LogP contribution is 2.30. The first-order chi connectivity index (χ1) is 9.33. The fourth-order valence-electron chi connectivity index (χ4n) is 1.56. The van der Waals surface area contributed by atoms with Crippen molar-refractivity contribution in [2.75, 3.05) is 18.1 Å². The van der Waals surface area contributed by atoms with E-state index in [2.05, 4.69) is 22.2 Å². The van der Waals surface area contributed by atoms with Gasteiger partial charge in [0.05, 0.1) is 0 Å². The average molecular weight is 275 g/mol. The lowest BCUT2D eigenvalue weighted by molar-refractivity contribution is 0.451. The number of aromatic nitrogens is 2. The van der Waals surface area contributed by atoms with Crippen LogP contribution >= 0.6 is 11.8 Å². The fourth-order valence-corrected chi connectivity index (χ4v) is 2.09. The SMILES string of the molecule is CCCNc1cc(Oc2ccccc2SC)ncn1. The summed E-state index contributed by atoms with van der Waals surface area (Å²) in [4.78, 5) is 9.38. The lowest BCUT2D eigenvalue weighted by Gasteiger charge is -2.09. The van der Waals surface area contributed by atoms with Crippen LogP contribution in [-0.2, 0) is 0 Å². The maximum absolute atomic E-state index is 5.81. The number of rotatable bonds is 6. The van der Waals surface area contributed by atoms with Crippen LogP contribution in [0.4, 0.5) is 5.82 Å². The fraction of sp³-hybridized carbons (Fsp3) is 0.286. The molecule has 19 heavy (non-hydrogen) atoms. The first-order valence-corrected chi connectivity index (χ1v) is 7.42. The van der Waals surface area contributed by atoms with Crippen molar-refractivity contribution < 1.29 is 4.74 Å². The maximum atomic E-state index is 5.81. The Labute approximate surface area is 117 Å². The van der Waals surface area contributed by atoms with Crippen LogP contribution in [0, 0.1) is 0 Å². The molecule has 0 fully saturated rings. The van der Waals surface area contributed by atoms with Crippen molar-refractivity contribution in [3.8, 4) is 11.6 Å². The van der Waals surface area contributed by atoms with E-state index in [0.717, 1.165) is 29.4 Å². The minimum atomic E-state index is 0.551. The molecule has 2 aromatic rings. The minimum absolute atomic E-state index is 0.551. The molecular formula is C14H17N3OS. The number of benzene rings is 1. The number of ether oxygens (including phenoxy) is 1. The summed E-state index contributed by atoms with van der Waals surface area (Å²) in [6.45, 7) is 3.00. The van der Waals surface area contributed by atoms with Crippen LogP contribution in [0.3, 0.4) is 0 Å². The van der Waals surface area contributed by atoms with Gasteiger partial charge in [0.2, 0.25) is 5.88 Å². The molecule has 0 aliphatic heterocycles. The predicted octanol–water partition coefficient (Wildman–Crippen LogP) is 3.81. The van der Waals surface area contributed by atoms with Gasteiger partial charge in [-0.25, -0.2) is 9.97 Å². The third-order valence-electron chi connectivity index (χ3n) is 2.48. The number of thioether (sulfide) groups is 1. The lowest BCUT2D eigenvalue weighted by atomic mass is 10.3. The molecule has 1 N–H and O–H groups in total. The van der Waals surface area contributed by atoms with Gasteiger partial charge in [0.25, 0.3) is 0 Å². The van der Waals surface area contributed by atoms with E-state index in [1.165, 1.54) is 6.33 Å². The van der Waals surface area contributed by atoms with E-state index in [1.54, 1.807) is 11.8 Å². The zero-order valence-corrected chi connectivity index (χ0v) is 11.9. The number of nitrogens with one attached hydrogen (secondary N) is 1. The van der Waals surface area contributed by atoms with E-state index < -0.39 is 0 Å². The van der Waals surface area contributed by atoms with Crippen molar-refractivity contribution in [1.29, 1.82) is 0 Å². The van der Waals surface area contributed by atoms with Crippen molar-refractivity contribution in [1.82, 2.24) is 9.97 Å². The molecule has 100 valence electrons. The van der Waals surface area contributed by atoms with Gasteiger partial charge < -0.3 is 10.1 Å². The highest BCUT2D eigenvalue weighted by molar-refractivity contribution is 7.98. The molecule has 1 heterocycles. The Hall–Kier alpha value is -1.75. The Morgan fingerprint density at radius 2 is 2.11 bits per heavy atom. The number of nitrogens with zero attached hydrogens (tertiary/aromatic N) is 2. The van der Waals surface area contributed by atoms with Crippen molar-refractivity contribution in [3.05, 3.63) is 36.7 Å². The van der Waals surface area contributed by atoms with E-state index >= 15 is 0 Å². The quantitative estimate of drug-likeness (QED) is 0.812. The first kappa shape index (κ1) is 13.7. The van der Waals surface area contributed by atoms with Gasteiger partial charge in [-0.1, -0.05) is 19.1 Å². The topological polar surface area (TPSA) is 47.0 Å². The molecule has 0 aliphatic carbocycles. The Bertz CT molecular complexity index is 534. The number of para-hydroxylation sites is 1. The van der Waals surface area contributed by atoms with Gasteiger partial charge in [-0.15, -0.1) is 11.8 Å². The first-order valence-electron chi connectivity index (χ1n) is 6.20. The van der Waals surface area contributed by atoms with Gasteiger partial charge in [0.15, 0.2) is 0 Å². The maximum Gasteiger partial charge on any atom is 0.224 e. The third-order valence-corrected chi connectivity index (χ3v) is 3.26. The van der Waals surface area contributed by atoms with Crippen molar-refractivity contribution in [2.24, 2.45) is 0 Å². The molecular weight excluding hydrogens is 258 g/mol. The summed E-state index contributed by atoms with van der Waals surface area (Å²) < 4.78 is 5.81. The standard InChI is InChI=1S/C14H17N3OS/c1-3-8-15-13-9-14(17-10-16-13)18-11-6-4-5-7-12(11)19-2/h4-7,9-10H,3,8H2,1-2H3,(H,15,16,17). The zero-order chi connectivity index (χ0) is 13.5. The second kappa shape index (κ2) is 6.99. The average Bonchev–Trinajstić information content (AvgIpc) is 2.46. The molecule has 0 amide bonds. The highest BCUT2D eigenvalue weighted by Gasteiger charge is 2.05. The molecule has 0 unspecified atom stereocenters. The molecule has 5 heteroatoms. The summed E-state index contributed by atoms with van der Waals surface area (Å²) in [5.74, 6) is 2.15.